The molecule has 136 valence electrons. The molecule has 0 heterocycles. The molecule has 0 saturated carbocycles. The van der Waals surface area contributed by atoms with Gasteiger partial charge in [-0.05, 0) is 50.6 Å². The van der Waals surface area contributed by atoms with Gasteiger partial charge in [0.15, 0.2) is 6.61 Å². The van der Waals surface area contributed by atoms with Crippen molar-refractivity contribution in [2.75, 3.05) is 13.2 Å². The Morgan fingerprint density at radius 3 is 2.23 bits per heavy atom. The van der Waals surface area contributed by atoms with Crippen LogP contribution in [0.25, 0.3) is 0 Å². The predicted molar refractivity (Wildman–Crippen MR) is 99.4 cm³/mol. The summed E-state index contributed by atoms with van der Waals surface area (Å²) in [6.07, 6.45) is 0. The second-order valence-electron chi connectivity index (χ2n) is 5.62. The Kier molecular flexibility index (Phi) is 6.91. The minimum atomic E-state index is -0.435. The number of nitrogens with one attached hydrogen (secondary N) is 1. The van der Waals surface area contributed by atoms with Gasteiger partial charge in [-0.25, -0.2) is 10.2 Å². The minimum Gasteiger partial charge on any atom is -0.482 e. The fraction of sp³-hybridized carbons (Fsp3) is 0.250. The molecule has 0 unspecified atom stereocenters. The van der Waals surface area contributed by atoms with Crippen molar-refractivity contribution in [3.63, 3.8) is 0 Å². The van der Waals surface area contributed by atoms with Gasteiger partial charge >= 0.3 is 5.97 Å². The zero-order valence-corrected chi connectivity index (χ0v) is 15.1. The Morgan fingerprint density at radius 1 is 1.00 bits per heavy atom. The highest BCUT2D eigenvalue weighted by molar-refractivity contribution is 6.00. The third kappa shape index (κ3) is 5.73. The molecule has 6 nitrogen and oxygen atoms in total. The number of amides is 1. The topological polar surface area (TPSA) is 77.0 Å². The Hall–Kier alpha value is -3.15. The number of aryl methyl sites for hydroxylation is 1. The third-order valence-corrected chi connectivity index (χ3v) is 3.57. The van der Waals surface area contributed by atoms with Gasteiger partial charge in [-0.15, -0.1) is 0 Å². The fourth-order valence-electron chi connectivity index (χ4n) is 2.11. The van der Waals surface area contributed by atoms with E-state index in [9.17, 15) is 9.59 Å². The van der Waals surface area contributed by atoms with E-state index >= 15 is 0 Å². The number of benzene rings is 2. The average molecular weight is 354 g/mol. The smallest absolute Gasteiger partial charge is 0.344 e. The number of nitrogens with zero attached hydrogens (tertiary/aromatic N) is 1. The van der Waals surface area contributed by atoms with Crippen LogP contribution in [-0.4, -0.2) is 30.8 Å². The molecule has 1 amide bonds. The van der Waals surface area contributed by atoms with Crippen LogP contribution in [0.3, 0.4) is 0 Å². The van der Waals surface area contributed by atoms with Gasteiger partial charge < -0.3 is 9.47 Å². The van der Waals surface area contributed by atoms with Gasteiger partial charge in [0.25, 0.3) is 5.91 Å². The van der Waals surface area contributed by atoms with Crippen molar-refractivity contribution in [1.29, 1.82) is 0 Å². The number of ether oxygens (including phenoxy) is 2. The average Bonchev–Trinajstić information content (AvgIpc) is 2.65. The van der Waals surface area contributed by atoms with Gasteiger partial charge in [0, 0.05) is 5.56 Å². The summed E-state index contributed by atoms with van der Waals surface area (Å²) in [6, 6.07) is 14.3. The van der Waals surface area contributed by atoms with E-state index in [0.29, 0.717) is 23.6 Å². The lowest BCUT2D eigenvalue weighted by Gasteiger charge is -2.07. The fourth-order valence-corrected chi connectivity index (χ4v) is 2.11. The van der Waals surface area contributed by atoms with Crippen molar-refractivity contribution >= 4 is 17.6 Å². The van der Waals surface area contributed by atoms with Gasteiger partial charge in [0.05, 0.1) is 12.3 Å². The number of esters is 1. The molecule has 0 fully saturated rings. The van der Waals surface area contributed by atoms with E-state index in [4.69, 9.17) is 9.47 Å². The van der Waals surface area contributed by atoms with E-state index in [-0.39, 0.29) is 12.5 Å². The molecule has 0 bridgehead atoms. The van der Waals surface area contributed by atoms with Crippen LogP contribution < -0.4 is 10.2 Å². The molecule has 0 spiro atoms. The number of hydrogen-bond acceptors (Lipinski definition) is 5. The van der Waals surface area contributed by atoms with Gasteiger partial charge in [-0.2, -0.15) is 5.10 Å². The molecular weight excluding hydrogens is 332 g/mol. The van der Waals surface area contributed by atoms with Crippen molar-refractivity contribution in [2.24, 2.45) is 5.10 Å². The van der Waals surface area contributed by atoms with Crippen LogP contribution >= 0.6 is 0 Å². The molecule has 0 aliphatic carbocycles. The Balaban J connectivity index is 1.92. The largest absolute Gasteiger partial charge is 0.482 e. The Labute approximate surface area is 152 Å². The maximum absolute atomic E-state index is 12.2. The molecule has 2 aromatic rings. The highest BCUT2D eigenvalue weighted by atomic mass is 16.6. The number of rotatable bonds is 7. The van der Waals surface area contributed by atoms with Crippen molar-refractivity contribution in [3.8, 4) is 5.75 Å². The summed E-state index contributed by atoms with van der Waals surface area (Å²) in [7, 11) is 0. The van der Waals surface area contributed by atoms with Gasteiger partial charge in [-0.3, -0.25) is 4.79 Å². The van der Waals surface area contributed by atoms with Crippen LogP contribution in [0.1, 0.15) is 35.3 Å². The van der Waals surface area contributed by atoms with Crippen molar-refractivity contribution in [1.82, 2.24) is 5.43 Å². The lowest BCUT2D eigenvalue weighted by atomic mass is 10.1. The maximum Gasteiger partial charge on any atom is 0.344 e. The highest BCUT2D eigenvalue weighted by Crippen LogP contribution is 2.12. The molecule has 0 radical (unpaired) electrons. The maximum atomic E-state index is 12.2. The van der Waals surface area contributed by atoms with E-state index in [0.717, 1.165) is 11.1 Å². The summed E-state index contributed by atoms with van der Waals surface area (Å²) in [5.74, 6) is -0.280. The van der Waals surface area contributed by atoms with Crippen molar-refractivity contribution in [2.45, 2.75) is 20.8 Å². The van der Waals surface area contributed by atoms with Crippen LogP contribution in [-0.2, 0) is 9.53 Å². The SMILES string of the molecule is CCOC(=O)COc1ccc(C(=O)N/N=C(/C)c2ccc(C)cc2)cc1. The van der Waals surface area contributed by atoms with Gasteiger partial charge in [0.2, 0.25) is 0 Å². The summed E-state index contributed by atoms with van der Waals surface area (Å²) < 4.78 is 10.1. The summed E-state index contributed by atoms with van der Waals surface area (Å²) in [5.41, 5.74) is 5.79. The monoisotopic (exact) mass is 354 g/mol. The lowest BCUT2D eigenvalue weighted by Crippen LogP contribution is -2.19. The molecule has 0 aliphatic rings. The molecule has 1 N–H and O–H groups in total. The molecule has 2 aromatic carbocycles. The van der Waals surface area contributed by atoms with E-state index in [2.05, 4.69) is 10.5 Å². The molecule has 0 aliphatic heterocycles. The third-order valence-electron chi connectivity index (χ3n) is 3.57. The molecule has 0 saturated heterocycles. The first kappa shape index (κ1) is 19.2. The van der Waals surface area contributed by atoms with Gasteiger partial charge in [0.1, 0.15) is 5.75 Å². The first-order valence-electron chi connectivity index (χ1n) is 8.29. The van der Waals surface area contributed by atoms with Crippen LogP contribution in [0, 0.1) is 6.92 Å². The quantitative estimate of drug-likeness (QED) is 0.471. The zero-order chi connectivity index (χ0) is 18.9. The molecular formula is C20H22N2O4. The summed E-state index contributed by atoms with van der Waals surface area (Å²) >= 11 is 0. The molecule has 6 heteroatoms. The van der Waals surface area contributed by atoms with Crippen LogP contribution in [0.15, 0.2) is 53.6 Å². The van der Waals surface area contributed by atoms with E-state index < -0.39 is 5.97 Å². The standard InChI is InChI=1S/C20H22N2O4/c1-4-25-19(23)13-26-18-11-9-17(10-12-18)20(24)22-21-15(3)16-7-5-14(2)6-8-16/h5-12H,4,13H2,1-3H3,(H,22,24)/b21-15-. The lowest BCUT2D eigenvalue weighted by molar-refractivity contribution is -0.145. The number of hydrazone groups is 1. The highest BCUT2D eigenvalue weighted by Gasteiger charge is 2.07. The van der Waals surface area contributed by atoms with Crippen molar-refractivity contribution < 1.29 is 19.1 Å². The van der Waals surface area contributed by atoms with E-state index in [1.165, 1.54) is 0 Å². The number of hydrogen-bond donors (Lipinski definition) is 1. The second kappa shape index (κ2) is 9.36. The molecule has 0 atom stereocenters. The summed E-state index contributed by atoms with van der Waals surface area (Å²) in [5, 5.41) is 4.13. The predicted octanol–water partition coefficient (Wildman–Crippen LogP) is 3.09. The first-order chi connectivity index (χ1) is 12.5. The Bertz CT molecular complexity index is 780. The van der Waals surface area contributed by atoms with Crippen molar-refractivity contribution in [3.05, 3.63) is 65.2 Å². The Morgan fingerprint density at radius 2 is 1.62 bits per heavy atom. The number of carbonyl (C=O) groups excluding carboxylic acids is 2. The van der Waals surface area contributed by atoms with Crippen LogP contribution in [0.5, 0.6) is 5.75 Å². The van der Waals surface area contributed by atoms with E-state index in [1.54, 1.807) is 31.2 Å². The molecule has 0 aromatic heterocycles. The molecule has 26 heavy (non-hydrogen) atoms. The minimum absolute atomic E-state index is 0.167. The normalized spacial score (nSPS) is 11.0. The summed E-state index contributed by atoms with van der Waals surface area (Å²) in [4.78, 5) is 23.4. The number of carbonyl (C=O) groups is 2. The molecule has 2 rings (SSSR count). The van der Waals surface area contributed by atoms with E-state index in [1.807, 2.05) is 38.1 Å². The second-order valence-corrected chi connectivity index (χ2v) is 5.62. The van der Waals surface area contributed by atoms with Crippen LogP contribution in [0.4, 0.5) is 0 Å². The van der Waals surface area contributed by atoms with Crippen LogP contribution in [0.2, 0.25) is 0 Å². The first-order valence-corrected chi connectivity index (χ1v) is 8.29. The van der Waals surface area contributed by atoms with Gasteiger partial charge in [-0.1, -0.05) is 29.8 Å². The zero-order valence-electron chi connectivity index (χ0n) is 15.1. The summed E-state index contributed by atoms with van der Waals surface area (Å²) in [6.45, 7) is 5.72.